The van der Waals surface area contributed by atoms with E-state index in [4.69, 9.17) is 4.52 Å². The Kier molecular flexibility index (Phi) is 4.44. The van der Waals surface area contributed by atoms with Crippen molar-refractivity contribution in [1.29, 1.82) is 0 Å². The molecular weight excluding hydrogens is 282 g/mol. The zero-order valence-electron chi connectivity index (χ0n) is 11.6. The summed E-state index contributed by atoms with van der Waals surface area (Å²) in [5.74, 6) is 0.475. The molecule has 0 saturated carbocycles. The number of nitrogens with one attached hydrogen (secondary N) is 1. The predicted molar refractivity (Wildman–Crippen MR) is 73.6 cm³/mol. The number of piperidine rings is 1. The molecule has 1 fully saturated rings. The Hall–Kier alpha value is -1.41. The van der Waals surface area contributed by atoms with Crippen LogP contribution in [0.15, 0.2) is 10.6 Å². The summed E-state index contributed by atoms with van der Waals surface area (Å²) in [5, 5.41) is 6.35. The molecule has 0 aromatic carbocycles. The van der Waals surface area contributed by atoms with Crippen LogP contribution in [0.1, 0.15) is 25.5 Å². The molecule has 0 bridgehead atoms. The van der Waals surface area contributed by atoms with Gasteiger partial charge in [-0.2, -0.15) is 0 Å². The van der Waals surface area contributed by atoms with Crippen molar-refractivity contribution in [2.24, 2.45) is 5.92 Å². The normalized spacial score (nSPS) is 20.8. The number of hydrogen-bond donors (Lipinski definition) is 1. The van der Waals surface area contributed by atoms with Gasteiger partial charge in [0, 0.05) is 19.2 Å². The fourth-order valence-electron chi connectivity index (χ4n) is 2.25. The number of rotatable bonds is 4. The van der Waals surface area contributed by atoms with E-state index in [9.17, 15) is 13.2 Å². The summed E-state index contributed by atoms with van der Waals surface area (Å²) in [7, 11) is -3.24. The van der Waals surface area contributed by atoms with Crippen molar-refractivity contribution in [1.82, 2.24) is 9.46 Å². The second-order valence-electron chi connectivity index (χ2n) is 4.91. The van der Waals surface area contributed by atoms with Crippen LogP contribution in [0.25, 0.3) is 0 Å². The van der Waals surface area contributed by atoms with E-state index in [0.29, 0.717) is 31.0 Å². The van der Waals surface area contributed by atoms with Crippen LogP contribution < -0.4 is 5.32 Å². The average molecular weight is 301 g/mol. The summed E-state index contributed by atoms with van der Waals surface area (Å²) in [6, 6.07) is 1.63. The lowest BCUT2D eigenvalue weighted by molar-refractivity contribution is -0.120. The van der Waals surface area contributed by atoms with Crippen molar-refractivity contribution in [3.05, 3.63) is 11.8 Å². The third kappa shape index (κ3) is 3.37. The molecule has 1 N–H and O–H groups in total. The van der Waals surface area contributed by atoms with Crippen LogP contribution in [-0.4, -0.2) is 42.6 Å². The first-order valence-electron chi connectivity index (χ1n) is 6.64. The number of anilines is 1. The van der Waals surface area contributed by atoms with Crippen molar-refractivity contribution in [3.8, 4) is 0 Å². The van der Waals surface area contributed by atoms with Gasteiger partial charge in [-0.25, -0.2) is 12.7 Å². The Morgan fingerprint density at radius 3 is 2.95 bits per heavy atom. The average Bonchev–Trinajstić information content (AvgIpc) is 2.84. The molecule has 1 atom stereocenters. The van der Waals surface area contributed by atoms with Crippen molar-refractivity contribution < 1.29 is 17.7 Å². The number of sulfonamides is 1. The first-order chi connectivity index (χ1) is 9.42. The highest BCUT2D eigenvalue weighted by Gasteiger charge is 2.31. The molecule has 0 radical (unpaired) electrons. The van der Waals surface area contributed by atoms with Gasteiger partial charge < -0.3 is 9.84 Å². The Morgan fingerprint density at radius 1 is 1.60 bits per heavy atom. The van der Waals surface area contributed by atoms with Crippen molar-refractivity contribution in [2.45, 2.75) is 26.7 Å². The van der Waals surface area contributed by atoms with Crippen LogP contribution in [0.4, 0.5) is 5.82 Å². The van der Waals surface area contributed by atoms with Crippen LogP contribution in [0.3, 0.4) is 0 Å². The zero-order chi connectivity index (χ0) is 14.8. The first kappa shape index (κ1) is 15.0. The van der Waals surface area contributed by atoms with Gasteiger partial charge >= 0.3 is 0 Å². The molecule has 8 heteroatoms. The largest absolute Gasteiger partial charge is 0.360 e. The molecule has 2 heterocycles. The molecule has 0 spiro atoms. The number of aryl methyl sites for hydroxylation is 1. The lowest BCUT2D eigenvalue weighted by atomic mass is 9.99. The minimum Gasteiger partial charge on any atom is -0.360 e. The highest BCUT2D eigenvalue weighted by Crippen LogP contribution is 2.21. The minimum atomic E-state index is -3.24. The fraction of sp³-hybridized carbons (Fsp3) is 0.667. The van der Waals surface area contributed by atoms with E-state index in [1.165, 1.54) is 4.31 Å². The van der Waals surface area contributed by atoms with Crippen LogP contribution >= 0.6 is 0 Å². The topological polar surface area (TPSA) is 92.5 Å². The third-order valence-corrected chi connectivity index (χ3v) is 5.24. The molecule has 1 aromatic heterocycles. The smallest absolute Gasteiger partial charge is 0.230 e. The summed E-state index contributed by atoms with van der Waals surface area (Å²) >= 11 is 0. The van der Waals surface area contributed by atoms with E-state index in [0.717, 1.165) is 0 Å². The summed E-state index contributed by atoms with van der Waals surface area (Å²) in [6.07, 6.45) is 1.37. The molecular formula is C12H19N3O4S. The molecule has 0 aliphatic carbocycles. The van der Waals surface area contributed by atoms with E-state index >= 15 is 0 Å². The number of carbonyl (C=O) groups excluding carboxylic acids is 1. The fourth-order valence-corrected chi connectivity index (χ4v) is 3.42. The summed E-state index contributed by atoms with van der Waals surface area (Å²) in [6.45, 7) is 4.07. The van der Waals surface area contributed by atoms with Crippen molar-refractivity contribution >= 4 is 21.7 Å². The molecule has 2 rings (SSSR count). The highest BCUT2D eigenvalue weighted by molar-refractivity contribution is 7.89. The van der Waals surface area contributed by atoms with Gasteiger partial charge in [0.25, 0.3) is 0 Å². The third-order valence-electron chi connectivity index (χ3n) is 3.39. The molecule has 1 amide bonds. The maximum atomic E-state index is 12.1. The SMILES string of the molecule is CCS(=O)(=O)N1CCCC(C(=O)Nc2cc(C)on2)C1. The lowest BCUT2D eigenvalue weighted by Crippen LogP contribution is -2.44. The molecule has 20 heavy (non-hydrogen) atoms. The van der Waals surface area contributed by atoms with Crippen LogP contribution in [0, 0.1) is 12.8 Å². The maximum absolute atomic E-state index is 12.1. The van der Waals surface area contributed by atoms with Crippen LogP contribution in [0.5, 0.6) is 0 Å². The Morgan fingerprint density at radius 2 is 2.35 bits per heavy atom. The molecule has 7 nitrogen and oxygen atoms in total. The van der Waals surface area contributed by atoms with Gasteiger partial charge in [-0.3, -0.25) is 4.79 Å². The van der Waals surface area contributed by atoms with Crippen molar-refractivity contribution in [2.75, 3.05) is 24.2 Å². The van der Waals surface area contributed by atoms with Gasteiger partial charge in [0.15, 0.2) is 5.82 Å². The number of carbonyl (C=O) groups is 1. The zero-order valence-corrected chi connectivity index (χ0v) is 12.4. The van der Waals surface area contributed by atoms with Crippen LogP contribution in [0.2, 0.25) is 0 Å². The van der Waals surface area contributed by atoms with Crippen LogP contribution in [-0.2, 0) is 14.8 Å². The quantitative estimate of drug-likeness (QED) is 0.895. The molecule has 1 aliphatic rings. The summed E-state index contributed by atoms with van der Waals surface area (Å²) in [4.78, 5) is 12.1. The Bertz CT molecular complexity index is 581. The van der Waals surface area contributed by atoms with Gasteiger partial charge in [-0.15, -0.1) is 0 Å². The highest BCUT2D eigenvalue weighted by atomic mass is 32.2. The number of hydrogen-bond acceptors (Lipinski definition) is 5. The Balaban J connectivity index is 2.00. The van der Waals surface area contributed by atoms with E-state index in [1.54, 1.807) is 19.9 Å². The maximum Gasteiger partial charge on any atom is 0.230 e. The van der Waals surface area contributed by atoms with Gasteiger partial charge in [-0.1, -0.05) is 5.16 Å². The molecule has 1 aromatic rings. The van der Waals surface area contributed by atoms with E-state index in [1.807, 2.05) is 0 Å². The minimum absolute atomic E-state index is 0.0593. The van der Waals surface area contributed by atoms with Crippen molar-refractivity contribution in [3.63, 3.8) is 0 Å². The Labute approximate surface area is 118 Å². The van der Waals surface area contributed by atoms with Gasteiger partial charge in [0.2, 0.25) is 15.9 Å². The lowest BCUT2D eigenvalue weighted by Gasteiger charge is -2.30. The number of aromatic nitrogens is 1. The molecule has 1 saturated heterocycles. The molecule has 112 valence electrons. The number of amides is 1. The van der Waals surface area contributed by atoms with Gasteiger partial charge in [0.1, 0.15) is 5.76 Å². The second-order valence-corrected chi connectivity index (χ2v) is 7.17. The standard InChI is InChI=1S/C12H19N3O4S/c1-3-20(17,18)15-6-4-5-10(8-15)12(16)13-11-7-9(2)19-14-11/h7,10H,3-6,8H2,1-2H3,(H,13,14,16). The first-order valence-corrected chi connectivity index (χ1v) is 8.25. The summed E-state index contributed by atoms with van der Waals surface area (Å²) in [5.41, 5.74) is 0. The summed E-state index contributed by atoms with van der Waals surface area (Å²) < 4.78 is 30.0. The molecule has 1 unspecified atom stereocenters. The second kappa shape index (κ2) is 5.92. The number of nitrogens with zero attached hydrogens (tertiary/aromatic N) is 2. The van der Waals surface area contributed by atoms with E-state index < -0.39 is 10.0 Å². The van der Waals surface area contributed by atoms with E-state index in [-0.39, 0.29) is 24.1 Å². The van der Waals surface area contributed by atoms with E-state index in [2.05, 4.69) is 10.5 Å². The molecule has 1 aliphatic heterocycles. The monoisotopic (exact) mass is 301 g/mol. The predicted octanol–water partition coefficient (Wildman–Crippen LogP) is 0.983. The van der Waals surface area contributed by atoms with Gasteiger partial charge in [-0.05, 0) is 26.7 Å². The van der Waals surface area contributed by atoms with Gasteiger partial charge in [0.05, 0.1) is 11.7 Å².